The van der Waals surface area contributed by atoms with Crippen molar-refractivity contribution >= 4 is 0 Å². The lowest BCUT2D eigenvalue weighted by atomic mass is 9.87. The number of nitrogens with one attached hydrogen (secondary N) is 2. The molecule has 2 fully saturated rings. The minimum atomic E-state index is 0.822. The highest BCUT2D eigenvalue weighted by Gasteiger charge is 2.19. The summed E-state index contributed by atoms with van der Waals surface area (Å²) in [6.45, 7) is 6.10. The zero-order valence-electron chi connectivity index (χ0n) is 10.1. The molecular weight excluding hydrogens is 184 g/mol. The Balaban J connectivity index is 1.60. The molecule has 1 unspecified atom stereocenters. The second-order valence-corrected chi connectivity index (χ2v) is 5.58. The third-order valence-electron chi connectivity index (χ3n) is 4.11. The van der Waals surface area contributed by atoms with Gasteiger partial charge in [-0.25, -0.2) is 0 Å². The average Bonchev–Trinajstić information content (AvgIpc) is 2.30. The molecule has 0 bridgehead atoms. The minimum absolute atomic E-state index is 0.822. The predicted molar refractivity (Wildman–Crippen MR) is 65.0 cm³/mol. The van der Waals surface area contributed by atoms with Crippen LogP contribution in [0.5, 0.6) is 0 Å². The Kier molecular flexibility index (Phi) is 4.45. The molecule has 0 spiro atoms. The third kappa shape index (κ3) is 3.76. The van der Waals surface area contributed by atoms with Gasteiger partial charge in [0.05, 0.1) is 0 Å². The zero-order chi connectivity index (χ0) is 10.5. The van der Waals surface area contributed by atoms with E-state index >= 15 is 0 Å². The second-order valence-electron chi connectivity index (χ2n) is 5.58. The van der Waals surface area contributed by atoms with Crippen molar-refractivity contribution in [2.45, 2.75) is 51.5 Å². The molecule has 1 aliphatic heterocycles. The van der Waals surface area contributed by atoms with Gasteiger partial charge < -0.3 is 10.6 Å². The minimum Gasteiger partial charge on any atom is -0.316 e. The average molecular weight is 210 g/mol. The highest BCUT2D eigenvalue weighted by molar-refractivity contribution is 4.78. The molecule has 2 aliphatic rings. The first-order valence-corrected chi connectivity index (χ1v) is 6.78. The normalized spacial score (nSPS) is 37.8. The molecule has 0 aromatic carbocycles. The molecule has 15 heavy (non-hydrogen) atoms. The maximum Gasteiger partial charge on any atom is 0.00673 e. The molecule has 1 saturated carbocycles. The fourth-order valence-corrected chi connectivity index (χ4v) is 2.90. The van der Waals surface area contributed by atoms with E-state index in [4.69, 9.17) is 0 Å². The Morgan fingerprint density at radius 2 is 1.93 bits per heavy atom. The Labute approximate surface area is 94.2 Å². The number of rotatable bonds is 3. The summed E-state index contributed by atoms with van der Waals surface area (Å²) >= 11 is 0. The van der Waals surface area contributed by atoms with Crippen LogP contribution in [-0.2, 0) is 0 Å². The van der Waals surface area contributed by atoms with Crippen molar-refractivity contribution in [3.8, 4) is 0 Å². The summed E-state index contributed by atoms with van der Waals surface area (Å²) in [6.07, 6.45) is 8.46. The first-order chi connectivity index (χ1) is 7.34. The molecule has 0 aromatic rings. The summed E-state index contributed by atoms with van der Waals surface area (Å²) < 4.78 is 0. The van der Waals surface area contributed by atoms with E-state index in [2.05, 4.69) is 17.6 Å². The topological polar surface area (TPSA) is 24.1 Å². The fourth-order valence-electron chi connectivity index (χ4n) is 2.90. The van der Waals surface area contributed by atoms with E-state index in [0.717, 1.165) is 17.9 Å². The maximum atomic E-state index is 3.77. The molecule has 1 atom stereocenters. The second kappa shape index (κ2) is 5.86. The van der Waals surface area contributed by atoms with Crippen LogP contribution in [0.4, 0.5) is 0 Å². The molecule has 1 aliphatic carbocycles. The Bertz CT molecular complexity index is 167. The lowest BCUT2D eigenvalue weighted by molar-refractivity contribution is 0.279. The van der Waals surface area contributed by atoms with Crippen molar-refractivity contribution < 1.29 is 0 Å². The Hall–Kier alpha value is -0.0800. The molecule has 2 heteroatoms. The summed E-state index contributed by atoms with van der Waals surface area (Å²) in [7, 11) is 0. The first-order valence-electron chi connectivity index (χ1n) is 6.78. The van der Waals surface area contributed by atoms with E-state index in [1.165, 1.54) is 58.2 Å². The van der Waals surface area contributed by atoms with Crippen LogP contribution in [0.25, 0.3) is 0 Å². The van der Waals surface area contributed by atoms with Crippen molar-refractivity contribution in [1.82, 2.24) is 10.6 Å². The van der Waals surface area contributed by atoms with Crippen LogP contribution >= 0.6 is 0 Å². The van der Waals surface area contributed by atoms with Gasteiger partial charge in [-0.1, -0.05) is 6.92 Å². The van der Waals surface area contributed by atoms with E-state index in [9.17, 15) is 0 Å². The van der Waals surface area contributed by atoms with E-state index < -0.39 is 0 Å². The van der Waals surface area contributed by atoms with Crippen molar-refractivity contribution in [3.63, 3.8) is 0 Å². The standard InChI is InChI=1S/C13H26N2/c1-11-4-6-13(7-5-11)15-10-12-3-2-8-14-9-12/h11-15H,2-10H2,1H3. The van der Waals surface area contributed by atoms with Crippen LogP contribution < -0.4 is 10.6 Å². The quantitative estimate of drug-likeness (QED) is 0.746. The van der Waals surface area contributed by atoms with E-state index in [-0.39, 0.29) is 0 Å². The summed E-state index contributed by atoms with van der Waals surface area (Å²) in [5.41, 5.74) is 0. The van der Waals surface area contributed by atoms with Gasteiger partial charge in [-0.15, -0.1) is 0 Å². The lowest BCUT2D eigenvalue weighted by Crippen LogP contribution is -2.41. The Morgan fingerprint density at radius 3 is 2.60 bits per heavy atom. The molecule has 1 saturated heterocycles. The highest BCUT2D eigenvalue weighted by Crippen LogP contribution is 2.23. The van der Waals surface area contributed by atoms with Gasteiger partial charge in [0.2, 0.25) is 0 Å². The summed E-state index contributed by atoms with van der Waals surface area (Å²) in [5, 5.41) is 7.26. The summed E-state index contributed by atoms with van der Waals surface area (Å²) in [5.74, 6) is 1.86. The number of piperidine rings is 1. The van der Waals surface area contributed by atoms with Crippen LogP contribution in [0.3, 0.4) is 0 Å². The fraction of sp³-hybridized carbons (Fsp3) is 1.00. The first kappa shape index (κ1) is 11.4. The molecule has 0 amide bonds. The lowest BCUT2D eigenvalue weighted by Gasteiger charge is -2.30. The highest BCUT2D eigenvalue weighted by atomic mass is 14.9. The molecule has 2 N–H and O–H groups in total. The van der Waals surface area contributed by atoms with Gasteiger partial charge in [0.25, 0.3) is 0 Å². The molecule has 88 valence electrons. The van der Waals surface area contributed by atoms with Gasteiger partial charge >= 0.3 is 0 Å². The molecule has 0 aromatic heterocycles. The van der Waals surface area contributed by atoms with E-state index in [1.807, 2.05) is 0 Å². The smallest absolute Gasteiger partial charge is 0.00673 e. The van der Waals surface area contributed by atoms with Gasteiger partial charge in [0, 0.05) is 6.04 Å². The largest absolute Gasteiger partial charge is 0.316 e. The third-order valence-corrected chi connectivity index (χ3v) is 4.11. The van der Waals surface area contributed by atoms with Gasteiger partial charge in [0.1, 0.15) is 0 Å². The van der Waals surface area contributed by atoms with Crippen LogP contribution in [0.1, 0.15) is 45.4 Å². The SMILES string of the molecule is CC1CCC(NCC2CCCNC2)CC1. The van der Waals surface area contributed by atoms with Crippen molar-refractivity contribution in [3.05, 3.63) is 0 Å². The van der Waals surface area contributed by atoms with E-state index in [0.29, 0.717) is 0 Å². The van der Waals surface area contributed by atoms with Crippen LogP contribution in [-0.4, -0.2) is 25.7 Å². The Morgan fingerprint density at radius 1 is 1.13 bits per heavy atom. The van der Waals surface area contributed by atoms with Crippen LogP contribution in [0.2, 0.25) is 0 Å². The number of hydrogen-bond acceptors (Lipinski definition) is 2. The van der Waals surface area contributed by atoms with Gasteiger partial charge in [-0.05, 0) is 70.0 Å². The number of hydrogen-bond donors (Lipinski definition) is 2. The van der Waals surface area contributed by atoms with Crippen molar-refractivity contribution in [2.75, 3.05) is 19.6 Å². The predicted octanol–water partition coefficient (Wildman–Crippen LogP) is 2.15. The zero-order valence-corrected chi connectivity index (χ0v) is 10.1. The maximum absolute atomic E-state index is 3.77. The van der Waals surface area contributed by atoms with Crippen LogP contribution in [0.15, 0.2) is 0 Å². The molecular formula is C13H26N2. The summed E-state index contributed by atoms with van der Waals surface area (Å²) in [4.78, 5) is 0. The van der Waals surface area contributed by atoms with Crippen molar-refractivity contribution in [2.24, 2.45) is 11.8 Å². The van der Waals surface area contributed by atoms with E-state index in [1.54, 1.807) is 0 Å². The summed E-state index contributed by atoms with van der Waals surface area (Å²) in [6, 6.07) is 0.822. The monoisotopic (exact) mass is 210 g/mol. The van der Waals surface area contributed by atoms with Crippen molar-refractivity contribution in [1.29, 1.82) is 0 Å². The van der Waals surface area contributed by atoms with Crippen LogP contribution in [0, 0.1) is 11.8 Å². The molecule has 2 nitrogen and oxygen atoms in total. The molecule has 2 rings (SSSR count). The van der Waals surface area contributed by atoms with Gasteiger partial charge in [0.15, 0.2) is 0 Å². The van der Waals surface area contributed by atoms with Gasteiger partial charge in [-0.2, -0.15) is 0 Å². The van der Waals surface area contributed by atoms with Gasteiger partial charge in [-0.3, -0.25) is 0 Å². The molecule has 0 radical (unpaired) electrons. The molecule has 1 heterocycles.